The van der Waals surface area contributed by atoms with Crippen molar-refractivity contribution in [2.75, 3.05) is 0 Å². The van der Waals surface area contributed by atoms with Crippen LogP contribution in [0, 0.1) is 5.92 Å². The molecular weight excluding hydrogens is 240 g/mol. The number of unbranched alkanes of at least 4 members (excludes halogenated alkanes) is 12. The van der Waals surface area contributed by atoms with Crippen molar-refractivity contribution in [2.45, 2.75) is 124 Å². The number of hydrogen-bond donors (Lipinski definition) is 0. The van der Waals surface area contributed by atoms with Crippen LogP contribution in [-0.4, -0.2) is 0 Å². The van der Waals surface area contributed by atoms with Crippen LogP contribution in [0.1, 0.15) is 124 Å². The van der Waals surface area contributed by atoms with Crippen LogP contribution in [0.15, 0.2) is 0 Å². The van der Waals surface area contributed by atoms with Gasteiger partial charge in [-0.2, -0.15) is 0 Å². The molecule has 0 saturated carbocycles. The minimum atomic E-state index is 1.37. The molecule has 20 heavy (non-hydrogen) atoms. The molecule has 0 fully saturated rings. The summed E-state index contributed by atoms with van der Waals surface area (Å²) in [5, 5.41) is 0. The Morgan fingerprint density at radius 3 is 1.10 bits per heavy atom. The zero-order valence-electron chi connectivity index (χ0n) is 14.8. The van der Waals surface area contributed by atoms with Crippen molar-refractivity contribution in [3.63, 3.8) is 0 Å². The first-order valence-corrected chi connectivity index (χ1v) is 9.62. The van der Waals surface area contributed by atoms with E-state index in [2.05, 4.69) is 20.8 Å². The minimum absolute atomic E-state index is 1.37. The fourth-order valence-corrected chi connectivity index (χ4v) is 2.89. The monoisotopic (exact) mass is 281 g/mol. The van der Waals surface area contributed by atoms with Crippen LogP contribution in [0.4, 0.5) is 0 Å². The first kappa shape index (κ1) is 20.0. The van der Waals surface area contributed by atoms with Gasteiger partial charge in [-0.05, 0) is 18.8 Å². The molecule has 1 radical (unpaired) electrons. The van der Waals surface area contributed by atoms with E-state index in [0.29, 0.717) is 0 Å². The van der Waals surface area contributed by atoms with Crippen LogP contribution in [0.3, 0.4) is 0 Å². The van der Waals surface area contributed by atoms with E-state index >= 15 is 0 Å². The quantitative estimate of drug-likeness (QED) is 0.252. The highest BCUT2D eigenvalue weighted by Gasteiger charge is 2.02. The van der Waals surface area contributed by atoms with Gasteiger partial charge in [-0.1, -0.05) is 111 Å². The Kier molecular flexibility index (Phi) is 17.1. The molecule has 0 heterocycles. The maximum atomic E-state index is 2.38. The normalized spacial score (nSPS) is 11.4. The van der Waals surface area contributed by atoms with Gasteiger partial charge in [0, 0.05) is 0 Å². The topological polar surface area (TPSA) is 0 Å². The Balaban J connectivity index is 3.11. The van der Waals surface area contributed by atoms with Crippen molar-refractivity contribution in [3.05, 3.63) is 5.92 Å². The number of rotatable bonds is 16. The molecule has 0 amide bonds. The molecule has 0 spiro atoms. The van der Waals surface area contributed by atoms with E-state index in [1.54, 1.807) is 5.92 Å². The maximum absolute atomic E-state index is 2.38. The zero-order valence-corrected chi connectivity index (χ0v) is 14.8. The lowest BCUT2D eigenvalue weighted by atomic mass is 9.96. The predicted molar refractivity (Wildman–Crippen MR) is 94.1 cm³/mol. The van der Waals surface area contributed by atoms with Gasteiger partial charge < -0.3 is 0 Å². The smallest absolute Gasteiger partial charge is 0.0272 e. The second-order valence-corrected chi connectivity index (χ2v) is 6.70. The zero-order chi connectivity index (χ0) is 14.9. The average molecular weight is 282 g/mol. The predicted octanol–water partition coefficient (Wildman–Crippen LogP) is 7.86. The third-order valence-corrected chi connectivity index (χ3v) is 4.41. The second kappa shape index (κ2) is 17.1. The molecule has 0 rings (SSSR count). The van der Waals surface area contributed by atoms with E-state index in [9.17, 15) is 0 Å². The van der Waals surface area contributed by atoms with Crippen LogP contribution in [0.5, 0.6) is 0 Å². The van der Waals surface area contributed by atoms with E-state index < -0.39 is 0 Å². The summed E-state index contributed by atoms with van der Waals surface area (Å²) in [5.41, 5.74) is 0. The molecule has 0 aliphatic heterocycles. The summed E-state index contributed by atoms with van der Waals surface area (Å²) in [7, 11) is 0. The van der Waals surface area contributed by atoms with Gasteiger partial charge in [-0.3, -0.25) is 0 Å². The molecule has 0 saturated heterocycles. The van der Waals surface area contributed by atoms with Crippen molar-refractivity contribution in [1.29, 1.82) is 0 Å². The van der Waals surface area contributed by atoms with E-state index in [1.165, 1.54) is 103 Å². The van der Waals surface area contributed by atoms with Gasteiger partial charge in [-0.25, -0.2) is 0 Å². The first-order chi connectivity index (χ1) is 9.81. The second-order valence-electron chi connectivity index (χ2n) is 6.70. The van der Waals surface area contributed by atoms with Crippen LogP contribution in [0.2, 0.25) is 0 Å². The Bertz CT molecular complexity index is 143. The summed E-state index contributed by atoms with van der Waals surface area (Å²) in [6.07, 6.45) is 22.9. The van der Waals surface area contributed by atoms with Gasteiger partial charge >= 0.3 is 0 Å². The van der Waals surface area contributed by atoms with Crippen LogP contribution in [-0.2, 0) is 0 Å². The molecule has 0 atom stereocenters. The highest BCUT2D eigenvalue weighted by molar-refractivity contribution is 4.83. The van der Waals surface area contributed by atoms with E-state index in [0.717, 1.165) is 0 Å². The molecular formula is C20H41. The standard InChI is InChI=1S/C20H41/c1-4-6-8-10-12-14-16-18-20(3)19-17-15-13-11-9-7-5-2/h4-19H2,1-3H3. The van der Waals surface area contributed by atoms with E-state index in [1.807, 2.05) is 0 Å². The molecule has 0 aromatic carbocycles. The van der Waals surface area contributed by atoms with E-state index in [4.69, 9.17) is 0 Å². The van der Waals surface area contributed by atoms with Crippen molar-refractivity contribution < 1.29 is 0 Å². The highest BCUT2D eigenvalue weighted by atomic mass is 14.1. The molecule has 0 heteroatoms. The molecule has 0 bridgehead atoms. The van der Waals surface area contributed by atoms with Crippen LogP contribution in [0.25, 0.3) is 0 Å². The molecule has 0 N–H and O–H groups in total. The Morgan fingerprint density at radius 2 is 0.750 bits per heavy atom. The summed E-state index contributed by atoms with van der Waals surface area (Å²) in [6, 6.07) is 0. The molecule has 0 aromatic heterocycles. The van der Waals surface area contributed by atoms with Gasteiger partial charge in [0.25, 0.3) is 0 Å². The summed E-state index contributed by atoms with van der Waals surface area (Å²) < 4.78 is 0. The average Bonchev–Trinajstić information content (AvgIpc) is 2.45. The lowest BCUT2D eigenvalue weighted by molar-refractivity contribution is 0.547. The third kappa shape index (κ3) is 16.1. The van der Waals surface area contributed by atoms with Crippen molar-refractivity contribution in [3.8, 4) is 0 Å². The lowest BCUT2D eigenvalue weighted by Gasteiger charge is -2.10. The summed E-state index contributed by atoms with van der Waals surface area (Å²) in [6.45, 7) is 6.97. The Hall–Kier alpha value is 0. The van der Waals surface area contributed by atoms with Gasteiger partial charge in [0.1, 0.15) is 0 Å². The number of hydrogen-bond acceptors (Lipinski definition) is 0. The summed E-state index contributed by atoms with van der Waals surface area (Å²) in [5.74, 6) is 1.76. The van der Waals surface area contributed by atoms with Crippen LogP contribution >= 0.6 is 0 Å². The van der Waals surface area contributed by atoms with Crippen molar-refractivity contribution in [1.82, 2.24) is 0 Å². The summed E-state index contributed by atoms with van der Waals surface area (Å²) in [4.78, 5) is 0. The molecule has 0 aromatic rings. The van der Waals surface area contributed by atoms with Crippen LogP contribution < -0.4 is 0 Å². The fraction of sp³-hybridized carbons (Fsp3) is 0.950. The SMILES string of the molecule is CCCCCCCCC[C](C)CCCCCCCCC. The fourth-order valence-electron chi connectivity index (χ4n) is 2.89. The van der Waals surface area contributed by atoms with Gasteiger partial charge in [-0.15, -0.1) is 0 Å². The van der Waals surface area contributed by atoms with Gasteiger partial charge in [0.05, 0.1) is 0 Å². The molecule has 121 valence electrons. The molecule has 0 unspecified atom stereocenters. The van der Waals surface area contributed by atoms with Crippen molar-refractivity contribution in [2.24, 2.45) is 0 Å². The Morgan fingerprint density at radius 1 is 0.450 bits per heavy atom. The largest absolute Gasteiger partial charge is 0.0654 e. The minimum Gasteiger partial charge on any atom is -0.0654 e. The van der Waals surface area contributed by atoms with E-state index in [-0.39, 0.29) is 0 Å². The van der Waals surface area contributed by atoms with Gasteiger partial charge in [0.15, 0.2) is 0 Å². The Labute approximate surface area is 130 Å². The third-order valence-electron chi connectivity index (χ3n) is 4.41. The van der Waals surface area contributed by atoms with Crippen molar-refractivity contribution >= 4 is 0 Å². The maximum Gasteiger partial charge on any atom is -0.0272 e. The first-order valence-electron chi connectivity index (χ1n) is 9.62. The molecule has 0 aliphatic rings. The molecule has 0 aliphatic carbocycles. The highest BCUT2D eigenvalue weighted by Crippen LogP contribution is 2.20. The molecule has 0 nitrogen and oxygen atoms in total. The lowest BCUT2D eigenvalue weighted by Crippen LogP contribution is -1.93. The van der Waals surface area contributed by atoms with Gasteiger partial charge in [0.2, 0.25) is 0 Å². The summed E-state index contributed by atoms with van der Waals surface area (Å²) >= 11 is 0.